The van der Waals surface area contributed by atoms with Gasteiger partial charge in [0.25, 0.3) is 0 Å². The monoisotopic (exact) mass is 221 g/mol. The van der Waals surface area contributed by atoms with Crippen LogP contribution in [0.3, 0.4) is 0 Å². The number of nitriles is 1. The number of benzene rings is 1. The van der Waals surface area contributed by atoms with E-state index in [1.165, 1.54) is 6.07 Å². The molecule has 1 aromatic rings. The molecule has 2 N–H and O–H groups in total. The molecule has 0 bridgehead atoms. The highest BCUT2D eigenvalue weighted by Gasteiger charge is 2.02. The predicted octanol–water partition coefficient (Wildman–Crippen LogP) is 0.555. The van der Waals surface area contributed by atoms with Crippen molar-refractivity contribution in [2.75, 3.05) is 13.1 Å². The third-order valence-corrected chi connectivity index (χ3v) is 1.92. The second kappa shape index (κ2) is 6.53. The normalized spacial score (nSPS) is 9.50. The van der Waals surface area contributed by atoms with E-state index in [-0.39, 0.29) is 31.4 Å². The van der Waals surface area contributed by atoms with Crippen molar-refractivity contribution in [1.82, 2.24) is 10.6 Å². The second-order valence-corrected chi connectivity index (χ2v) is 3.13. The summed E-state index contributed by atoms with van der Waals surface area (Å²) in [7, 11) is 0. The SMILES string of the molecule is N#CCNC(=O)CNCc1ccccc1F. The first-order valence-corrected chi connectivity index (χ1v) is 4.82. The minimum Gasteiger partial charge on any atom is -0.342 e. The number of carbonyl (C=O) groups excluding carboxylic acids is 1. The summed E-state index contributed by atoms with van der Waals surface area (Å²) in [6.07, 6.45) is 0. The lowest BCUT2D eigenvalue weighted by Crippen LogP contribution is -2.33. The third kappa shape index (κ3) is 4.07. The van der Waals surface area contributed by atoms with Crippen molar-refractivity contribution >= 4 is 5.91 Å². The first-order chi connectivity index (χ1) is 7.74. The van der Waals surface area contributed by atoms with Gasteiger partial charge >= 0.3 is 0 Å². The fraction of sp³-hybridized carbons (Fsp3) is 0.273. The summed E-state index contributed by atoms with van der Waals surface area (Å²) in [5, 5.41) is 13.4. The minimum atomic E-state index is -0.299. The number of nitrogens with one attached hydrogen (secondary N) is 2. The van der Waals surface area contributed by atoms with Gasteiger partial charge in [-0.1, -0.05) is 18.2 Å². The molecule has 0 saturated heterocycles. The molecule has 16 heavy (non-hydrogen) atoms. The van der Waals surface area contributed by atoms with Gasteiger partial charge in [0.2, 0.25) is 5.91 Å². The number of carbonyl (C=O) groups is 1. The van der Waals surface area contributed by atoms with Crippen molar-refractivity contribution in [2.45, 2.75) is 6.54 Å². The van der Waals surface area contributed by atoms with Gasteiger partial charge in [-0.05, 0) is 6.07 Å². The Kier molecular flexibility index (Phi) is 4.96. The summed E-state index contributed by atoms with van der Waals surface area (Å²) >= 11 is 0. The highest BCUT2D eigenvalue weighted by atomic mass is 19.1. The molecule has 1 aromatic carbocycles. The quantitative estimate of drug-likeness (QED) is 0.714. The third-order valence-electron chi connectivity index (χ3n) is 1.92. The summed E-state index contributed by atoms with van der Waals surface area (Å²) in [5.41, 5.74) is 0.510. The van der Waals surface area contributed by atoms with Crippen LogP contribution in [0.4, 0.5) is 4.39 Å². The smallest absolute Gasteiger partial charge is 0.234 e. The maximum Gasteiger partial charge on any atom is 0.234 e. The number of nitrogens with zero attached hydrogens (tertiary/aromatic N) is 1. The Morgan fingerprint density at radius 2 is 2.19 bits per heavy atom. The lowest BCUT2D eigenvalue weighted by Gasteiger charge is -2.05. The lowest BCUT2D eigenvalue weighted by atomic mass is 10.2. The van der Waals surface area contributed by atoms with E-state index in [0.29, 0.717) is 5.56 Å². The van der Waals surface area contributed by atoms with Crippen LogP contribution in [0.15, 0.2) is 24.3 Å². The van der Waals surface area contributed by atoms with Gasteiger partial charge in [-0.15, -0.1) is 0 Å². The van der Waals surface area contributed by atoms with Crippen LogP contribution < -0.4 is 10.6 Å². The molecule has 1 rings (SSSR count). The molecule has 0 radical (unpaired) electrons. The van der Waals surface area contributed by atoms with Crippen molar-refractivity contribution in [3.05, 3.63) is 35.6 Å². The first-order valence-electron chi connectivity index (χ1n) is 4.82. The summed E-state index contributed by atoms with van der Waals surface area (Å²) < 4.78 is 13.1. The fourth-order valence-corrected chi connectivity index (χ4v) is 1.15. The molecular weight excluding hydrogens is 209 g/mol. The molecule has 0 aliphatic heterocycles. The predicted molar refractivity (Wildman–Crippen MR) is 56.7 cm³/mol. The van der Waals surface area contributed by atoms with E-state index in [2.05, 4.69) is 10.6 Å². The zero-order chi connectivity index (χ0) is 11.8. The van der Waals surface area contributed by atoms with E-state index in [9.17, 15) is 9.18 Å². The van der Waals surface area contributed by atoms with Crippen LogP contribution in [0.5, 0.6) is 0 Å². The average Bonchev–Trinajstić information content (AvgIpc) is 2.29. The van der Waals surface area contributed by atoms with Crippen molar-refractivity contribution in [2.24, 2.45) is 0 Å². The van der Waals surface area contributed by atoms with Crippen LogP contribution >= 0.6 is 0 Å². The van der Waals surface area contributed by atoms with Crippen LogP contribution in [0.2, 0.25) is 0 Å². The summed E-state index contributed by atoms with van der Waals surface area (Å²) in [6.45, 7) is 0.336. The molecule has 4 nitrogen and oxygen atoms in total. The van der Waals surface area contributed by atoms with E-state index in [1.807, 2.05) is 0 Å². The van der Waals surface area contributed by atoms with Crippen molar-refractivity contribution < 1.29 is 9.18 Å². The lowest BCUT2D eigenvalue weighted by molar-refractivity contribution is -0.120. The molecule has 0 heterocycles. The Morgan fingerprint density at radius 1 is 1.44 bits per heavy atom. The summed E-state index contributed by atoms with van der Waals surface area (Å²) in [4.78, 5) is 11.1. The molecule has 0 atom stereocenters. The van der Waals surface area contributed by atoms with Crippen LogP contribution in [0.1, 0.15) is 5.56 Å². The fourth-order valence-electron chi connectivity index (χ4n) is 1.15. The van der Waals surface area contributed by atoms with Crippen LogP contribution in [0.25, 0.3) is 0 Å². The molecule has 84 valence electrons. The Labute approximate surface area is 93.1 Å². The molecule has 0 fully saturated rings. The Balaban J connectivity index is 2.29. The number of halogens is 1. The highest BCUT2D eigenvalue weighted by molar-refractivity contribution is 5.78. The largest absolute Gasteiger partial charge is 0.342 e. The molecule has 0 aliphatic rings. The van der Waals surface area contributed by atoms with Gasteiger partial charge in [0.05, 0.1) is 12.6 Å². The summed E-state index contributed by atoms with van der Waals surface area (Å²) in [5.74, 6) is -0.578. The molecule has 1 amide bonds. The first kappa shape index (κ1) is 12.1. The molecule has 5 heteroatoms. The van der Waals surface area contributed by atoms with E-state index in [0.717, 1.165) is 0 Å². The molecule has 0 saturated carbocycles. The van der Waals surface area contributed by atoms with Gasteiger partial charge in [-0.3, -0.25) is 4.79 Å². The van der Waals surface area contributed by atoms with Crippen molar-refractivity contribution in [1.29, 1.82) is 5.26 Å². The van der Waals surface area contributed by atoms with E-state index < -0.39 is 0 Å². The summed E-state index contributed by atoms with van der Waals surface area (Å²) in [6, 6.07) is 8.15. The van der Waals surface area contributed by atoms with E-state index in [4.69, 9.17) is 5.26 Å². The van der Waals surface area contributed by atoms with Gasteiger partial charge < -0.3 is 10.6 Å². The van der Waals surface area contributed by atoms with Gasteiger partial charge in [0, 0.05) is 12.1 Å². The van der Waals surface area contributed by atoms with E-state index in [1.54, 1.807) is 24.3 Å². The van der Waals surface area contributed by atoms with E-state index >= 15 is 0 Å². The average molecular weight is 221 g/mol. The van der Waals surface area contributed by atoms with Gasteiger partial charge in [0.1, 0.15) is 12.4 Å². The van der Waals surface area contributed by atoms with Gasteiger partial charge in [0.15, 0.2) is 0 Å². The number of amides is 1. The highest BCUT2D eigenvalue weighted by Crippen LogP contribution is 2.04. The zero-order valence-corrected chi connectivity index (χ0v) is 8.66. The Morgan fingerprint density at radius 3 is 2.88 bits per heavy atom. The molecule has 0 aromatic heterocycles. The maximum atomic E-state index is 13.1. The van der Waals surface area contributed by atoms with Gasteiger partial charge in [-0.2, -0.15) is 5.26 Å². The van der Waals surface area contributed by atoms with Crippen LogP contribution in [0, 0.1) is 17.1 Å². The molecule has 0 spiro atoms. The second-order valence-electron chi connectivity index (χ2n) is 3.13. The van der Waals surface area contributed by atoms with Crippen LogP contribution in [-0.2, 0) is 11.3 Å². The zero-order valence-electron chi connectivity index (χ0n) is 8.66. The van der Waals surface area contributed by atoms with Crippen molar-refractivity contribution in [3.8, 4) is 6.07 Å². The molecular formula is C11H12FN3O. The topological polar surface area (TPSA) is 64.9 Å². The minimum absolute atomic E-state index is 0.0137. The Hall–Kier alpha value is -1.93. The molecule has 0 unspecified atom stereocenters. The number of hydrogen-bond donors (Lipinski definition) is 2. The Bertz CT molecular complexity index is 400. The van der Waals surface area contributed by atoms with Gasteiger partial charge in [-0.25, -0.2) is 4.39 Å². The maximum absolute atomic E-state index is 13.1. The standard InChI is InChI=1S/C11H12FN3O/c12-10-4-2-1-3-9(10)7-14-8-11(16)15-6-5-13/h1-4,14H,6-8H2,(H,15,16). The van der Waals surface area contributed by atoms with Crippen molar-refractivity contribution in [3.63, 3.8) is 0 Å². The molecule has 0 aliphatic carbocycles. The number of hydrogen-bond acceptors (Lipinski definition) is 3. The number of rotatable bonds is 5. The van der Waals surface area contributed by atoms with Crippen LogP contribution in [-0.4, -0.2) is 19.0 Å².